The molecule has 1 amide bonds. The third-order valence-electron chi connectivity index (χ3n) is 5.37. The van der Waals surface area contributed by atoms with Crippen LogP contribution >= 0.6 is 0 Å². The highest BCUT2D eigenvalue weighted by atomic mass is 16.5. The zero-order chi connectivity index (χ0) is 19.0. The minimum atomic E-state index is -0.0513. The zero-order valence-corrected chi connectivity index (χ0v) is 15.9. The number of piperazine rings is 1. The second kappa shape index (κ2) is 7.08. The SMILES string of the molecule is COc1ccc2oc(C(=O)N3CCN(C)C[C@H]3c3ccccc3)c(C)c2c1. The monoisotopic (exact) mass is 364 g/mol. The van der Waals surface area contributed by atoms with Crippen molar-refractivity contribution in [2.24, 2.45) is 0 Å². The van der Waals surface area contributed by atoms with Crippen LogP contribution in [0.3, 0.4) is 0 Å². The predicted molar refractivity (Wildman–Crippen MR) is 105 cm³/mol. The van der Waals surface area contributed by atoms with Crippen molar-refractivity contribution in [2.45, 2.75) is 13.0 Å². The molecule has 0 radical (unpaired) electrons. The van der Waals surface area contributed by atoms with Crippen molar-refractivity contribution in [2.75, 3.05) is 33.8 Å². The van der Waals surface area contributed by atoms with Gasteiger partial charge in [0.05, 0.1) is 13.2 Å². The minimum Gasteiger partial charge on any atom is -0.497 e. The molecule has 2 heterocycles. The first-order valence-corrected chi connectivity index (χ1v) is 9.20. The van der Waals surface area contributed by atoms with Gasteiger partial charge in [-0.2, -0.15) is 0 Å². The Kier molecular flexibility index (Phi) is 4.62. The van der Waals surface area contributed by atoms with Gasteiger partial charge in [0.15, 0.2) is 5.76 Å². The fraction of sp³-hybridized carbons (Fsp3) is 0.318. The minimum absolute atomic E-state index is 0.0135. The van der Waals surface area contributed by atoms with E-state index in [1.165, 1.54) is 0 Å². The first kappa shape index (κ1) is 17.6. The number of nitrogens with zero attached hydrogens (tertiary/aromatic N) is 2. The van der Waals surface area contributed by atoms with E-state index in [4.69, 9.17) is 9.15 Å². The number of hydrogen-bond donors (Lipinski definition) is 0. The summed E-state index contributed by atoms with van der Waals surface area (Å²) in [5, 5.41) is 0.920. The maximum atomic E-state index is 13.4. The fourth-order valence-corrected chi connectivity index (χ4v) is 3.78. The lowest BCUT2D eigenvalue weighted by Crippen LogP contribution is -2.49. The van der Waals surface area contributed by atoms with Gasteiger partial charge in [-0.05, 0) is 37.7 Å². The van der Waals surface area contributed by atoms with Gasteiger partial charge < -0.3 is 19.0 Å². The summed E-state index contributed by atoms with van der Waals surface area (Å²) in [4.78, 5) is 17.6. The lowest BCUT2D eigenvalue weighted by molar-refractivity contribution is 0.0469. The van der Waals surface area contributed by atoms with Crippen LogP contribution in [0.5, 0.6) is 5.75 Å². The Morgan fingerprint density at radius 2 is 1.93 bits per heavy atom. The van der Waals surface area contributed by atoms with Gasteiger partial charge in [-0.3, -0.25) is 4.79 Å². The number of hydrogen-bond acceptors (Lipinski definition) is 4. The number of rotatable bonds is 3. The molecule has 0 bridgehead atoms. The van der Waals surface area contributed by atoms with Crippen molar-refractivity contribution in [1.29, 1.82) is 0 Å². The maximum absolute atomic E-state index is 13.4. The van der Waals surface area contributed by atoms with Crippen LogP contribution in [0.25, 0.3) is 11.0 Å². The maximum Gasteiger partial charge on any atom is 0.290 e. The van der Waals surface area contributed by atoms with E-state index >= 15 is 0 Å². The number of benzene rings is 2. The Labute approximate surface area is 159 Å². The number of carbonyl (C=O) groups excluding carboxylic acids is 1. The predicted octanol–water partition coefficient (Wildman–Crippen LogP) is 3.88. The summed E-state index contributed by atoms with van der Waals surface area (Å²) in [6.45, 7) is 4.27. The first-order chi connectivity index (χ1) is 13.1. The summed E-state index contributed by atoms with van der Waals surface area (Å²) >= 11 is 0. The summed E-state index contributed by atoms with van der Waals surface area (Å²) < 4.78 is 11.3. The van der Waals surface area contributed by atoms with E-state index in [1.54, 1.807) is 7.11 Å². The van der Waals surface area contributed by atoms with Gasteiger partial charge in [0, 0.05) is 30.6 Å². The van der Waals surface area contributed by atoms with E-state index in [2.05, 4.69) is 24.1 Å². The Morgan fingerprint density at radius 3 is 2.67 bits per heavy atom. The first-order valence-electron chi connectivity index (χ1n) is 9.20. The summed E-state index contributed by atoms with van der Waals surface area (Å²) in [5.74, 6) is 1.13. The van der Waals surface area contributed by atoms with Crippen molar-refractivity contribution in [3.8, 4) is 5.75 Å². The summed E-state index contributed by atoms with van der Waals surface area (Å²) in [6, 6.07) is 15.8. The molecule has 27 heavy (non-hydrogen) atoms. The average molecular weight is 364 g/mol. The van der Waals surface area contributed by atoms with E-state index in [-0.39, 0.29) is 11.9 Å². The van der Waals surface area contributed by atoms with E-state index < -0.39 is 0 Å². The van der Waals surface area contributed by atoms with Crippen LogP contribution in [0.15, 0.2) is 52.9 Å². The topological polar surface area (TPSA) is 45.9 Å². The molecule has 0 spiro atoms. The normalized spacial score (nSPS) is 18.0. The van der Waals surface area contributed by atoms with E-state index in [0.717, 1.165) is 35.4 Å². The number of ether oxygens (including phenoxy) is 1. The third kappa shape index (κ3) is 3.19. The van der Waals surface area contributed by atoms with E-state index in [0.29, 0.717) is 17.9 Å². The van der Waals surface area contributed by atoms with E-state index in [1.807, 2.05) is 48.2 Å². The lowest BCUT2D eigenvalue weighted by Gasteiger charge is -2.40. The number of methoxy groups -OCH3 is 1. The Bertz CT molecular complexity index is 964. The lowest BCUT2D eigenvalue weighted by atomic mass is 10.0. The van der Waals surface area contributed by atoms with Gasteiger partial charge in [0.2, 0.25) is 0 Å². The second-order valence-corrected chi connectivity index (χ2v) is 7.11. The molecule has 1 aromatic heterocycles. The number of likely N-dealkylation sites (N-methyl/N-ethyl adjacent to an activating group) is 1. The molecule has 1 aliphatic heterocycles. The molecule has 1 aliphatic rings. The Morgan fingerprint density at radius 1 is 1.15 bits per heavy atom. The van der Waals surface area contributed by atoms with Crippen LogP contribution in [-0.4, -0.2) is 49.5 Å². The molecule has 2 aromatic carbocycles. The van der Waals surface area contributed by atoms with Crippen LogP contribution in [-0.2, 0) is 0 Å². The van der Waals surface area contributed by atoms with Crippen LogP contribution < -0.4 is 4.74 Å². The molecular formula is C22H24N2O3. The number of furan rings is 1. The number of fused-ring (bicyclic) bond motifs is 1. The molecule has 0 unspecified atom stereocenters. The number of carbonyl (C=O) groups is 1. The van der Waals surface area contributed by atoms with Crippen molar-refractivity contribution < 1.29 is 13.9 Å². The molecule has 5 heteroatoms. The molecule has 0 aliphatic carbocycles. The Hall–Kier alpha value is -2.79. The highest BCUT2D eigenvalue weighted by molar-refractivity contribution is 5.99. The molecular weight excluding hydrogens is 340 g/mol. The van der Waals surface area contributed by atoms with Gasteiger partial charge in [0.25, 0.3) is 5.91 Å². The molecule has 4 rings (SSSR count). The van der Waals surface area contributed by atoms with Gasteiger partial charge in [-0.15, -0.1) is 0 Å². The highest BCUT2D eigenvalue weighted by Gasteiger charge is 2.33. The Balaban J connectivity index is 1.72. The quantitative estimate of drug-likeness (QED) is 0.708. The van der Waals surface area contributed by atoms with Gasteiger partial charge in [-0.1, -0.05) is 30.3 Å². The fourth-order valence-electron chi connectivity index (χ4n) is 3.78. The van der Waals surface area contributed by atoms with Crippen LogP contribution in [0.1, 0.15) is 27.7 Å². The second-order valence-electron chi connectivity index (χ2n) is 7.11. The van der Waals surface area contributed by atoms with Crippen molar-refractivity contribution in [3.63, 3.8) is 0 Å². The van der Waals surface area contributed by atoms with Crippen LogP contribution in [0, 0.1) is 6.92 Å². The van der Waals surface area contributed by atoms with Gasteiger partial charge in [0.1, 0.15) is 11.3 Å². The van der Waals surface area contributed by atoms with Gasteiger partial charge in [-0.25, -0.2) is 0 Å². The molecule has 0 N–H and O–H groups in total. The average Bonchev–Trinajstić information content (AvgIpc) is 3.04. The van der Waals surface area contributed by atoms with Crippen LogP contribution in [0.4, 0.5) is 0 Å². The van der Waals surface area contributed by atoms with Gasteiger partial charge >= 0.3 is 0 Å². The standard InChI is InChI=1S/C22H24N2O3/c1-15-18-13-17(26-3)9-10-20(18)27-21(15)22(25)24-12-11-23(2)14-19(24)16-7-5-4-6-8-16/h4-10,13,19H,11-12,14H2,1-3H3/t19-/m0/s1. The summed E-state index contributed by atoms with van der Waals surface area (Å²) in [6.07, 6.45) is 0. The summed E-state index contributed by atoms with van der Waals surface area (Å²) in [7, 11) is 3.73. The van der Waals surface area contributed by atoms with Crippen molar-refractivity contribution in [3.05, 3.63) is 65.4 Å². The molecule has 5 nitrogen and oxygen atoms in total. The molecule has 140 valence electrons. The smallest absolute Gasteiger partial charge is 0.290 e. The zero-order valence-electron chi connectivity index (χ0n) is 15.9. The molecule has 1 fully saturated rings. The van der Waals surface area contributed by atoms with Crippen LogP contribution in [0.2, 0.25) is 0 Å². The highest BCUT2D eigenvalue weighted by Crippen LogP contribution is 2.32. The molecule has 1 atom stereocenters. The summed E-state index contributed by atoms with van der Waals surface area (Å²) in [5.41, 5.74) is 2.72. The number of amides is 1. The van der Waals surface area contributed by atoms with E-state index in [9.17, 15) is 4.79 Å². The van der Waals surface area contributed by atoms with Crippen molar-refractivity contribution >= 4 is 16.9 Å². The largest absolute Gasteiger partial charge is 0.497 e. The van der Waals surface area contributed by atoms with Crippen molar-refractivity contribution in [1.82, 2.24) is 9.80 Å². The third-order valence-corrected chi connectivity index (χ3v) is 5.37. The molecule has 1 saturated heterocycles. The number of aryl methyl sites for hydroxylation is 1. The molecule has 3 aromatic rings. The molecule has 0 saturated carbocycles.